The van der Waals surface area contributed by atoms with Crippen LogP contribution in [0.2, 0.25) is 13.1 Å². The van der Waals surface area contributed by atoms with Crippen molar-refractivity contribution in [2.24, 2.45) is 0 Å². The Morgan fingerprint density at radius 1 is 1.07 bits per heavy atom. The van der Waals surface area contributed by atoms with Gasteiger partial charge in [0.05, 0.1) is 0 Å². The standard InChI is InChI=1S/C13H18Si/c1-9-10(2)13(14(3)4)12-8-6-5-7-11(9)12/h5-8,13-14H,1-4H3. The topological polar surface area (TPSA) is 0 Å². The lowest BCUT2D eigenvalue weighted by Crippen LogP contribution is -2.15. The van der Waals surface area contributed by atoms with E-state index in [1.807, 2.05) is 0 Å². The smallest absolute Gasteiger partial charge is 0.0439 e. The second-order valence-corrected chi connectivity index (χ2v) is 7.77. The van der Waals surface area contributed by atoms with Gasteiger partial charge in [0, 0.05) is 8.80 Å². The van der Waals surface area contributed by atoms with Crippen molar-refractivity contribution in [1.29, 1.82) is 0 Å². The summed E-state index contributed by atoms with van der Waals surface area (Å²) in [6.07, 6.45) is 0. The molecule has 0 nitrogen and oxygen atoms in total. The summed E-state index contributed by atoms with van der Waals surface area (Å²) in [6, 6.07) is 8.91. The maximum atomic E-state index is 2.45. The van der Waals surface area contributed by atoms with Crippen molar-refractivity contribution in [2.45, 2.75) is 32.5 Å². The van der Waals surface area contributed by atoms with E-state index in [0.29, 0.717) is 0 Å². The summed E-state index contributed by atoms with van der Waals surface area (Å²) in [4.78, 5) is 0. The Morgan fingerprint density at radius 3 is 2.36 bits per heavy atom. The SMILES string of the molecule is CC1=C(C)C([SiH](C)C)c2ccccc21. The van der Waals surface area contributed by atoms with E-state index in [1.54, 1.807) is 11.1 Å². The van der Waals surface area contributed by atoms with Gasteiger partial charge in [-0.25, -0.2) is 0 Å². The molecule has 0 spiro atoms. The third-order valence-corrected chi connectivity index (χ3v) is 5.62. The van der Waals surface area contributed by atoms with E-state index in [0.717, 1.165) is 5.54 Å². The van der Waals surface area contributed by atoms with Crippen LogP contribution in [0.4, 0.5) is 0 Å². The minimum Gasteiger partial charge on any atom is -0.0714 e. The first kappa shape index (κ1) is 9.72. The molecule has 0 aliphatic heterocycles. The lowest BCUT2D eigenvalue weighted by Gasteiger charge is -2.17. The van der Waals surface area contributed by atoms with Gasteiger partial charge in [-0.05, 0) is 36.1 Å². The van der Waals surface area contributed by atoms with Gasteiger partial charge < -0.3 is 0 Å². The molecule has 14 heavy (non-hydrogen) atoms. The molecule has 0 amide bonds. The second-order valence-electron chi connectivity index (χ2n) is 4.62. The molecule has 0 aromatic heterocycles. The van der Waals surface area contributed by atoms with E-state index in [1.165, 1.54) is 11.1 Å². The van der Waals surface area contributed by atoms with Gasteiger partial charge in [-0.3, -0.25) is 0 Å². The molecule has 2 rings (SSSR count). The summed E-state index contributed by atoms with van der Waals surface area (Å²) >= 11 is 0. The average molecular weight is 202 g/mol. The first-order chi connectivity index (χ1) is 6.63. The fourth-order valence-corrected chi connectivity index (χ4v) is 4.91. The molecule has 0 saturated carbocycles. The van der Waals surface area contributed by atoms with Crippen LogP contribution in [-0.4, -0.2) is 8.80 Å². The highest BCUT2D eigenvalue weighted by Crippen LogP contribution is 2.42. The van der Waals surface area contributed by atoms with Crippen LogP contribution in [0.5, 0.6) is 0 Å². The maximum Gasteiger partial charge on any atom is 0.0439 e. The van der Waals surface area contributed by atoms with Crippen molar-refractivity contribution < 1.29 is 0 Å². The molecular formula is C13H18Si. The fraction of sp³-hybridized carbons (Fsp3) is 0.385. The minimum absolute atomic E-state index is 0.614. The molecule has 0 heterocycles. The summed E-state index contributed by atoms with van der Waals surface area (Å²) in [5, 5.41) is 0. The van der Waals surface area contributed by atoms with Crippen LogP contribution in [0.25, 0.3) is 5.57 Å². The van der Waals surface area contributed by atoms with Crippen molar-refractivity contribution in [3.63, 3.8) is 0 Å². The normalized spacial score (nSPS) is 20.5. The van der Waals surface area contributed by atoms with Crippen molar-refractivity contribution in [3.05, 3.63) is 41.0 Å². The van der Waals surface area contributed by atoms with Crippen molar-refractivity contribution >= 4 is 14.4 Å². The van der Waals surface area contributed by atoms with Gasteiger partial charge in [0.15, 0.2) is 0 Å². The molecule has 1 aromatic rings. The average Bonchev–Trinajstić information content (AvgIpc) is 2.41. The Kier molecular flexibility index (Phi) is 2.36. The fourth-order valence-electron chi connectivity index (χ4n) is 2.65. The zero-order chi connectivity index (χ0) is 10.3. The summed E-state index contributed by atoms with van der Waals surface area (Å²) in [5.41, 5.74) is 7.01. The van der Waals surface area contributed by atoms with E-state index in [-0.39, 0.29) is 0 Å². The minimum atomic E-state index is -0.614. The predicted octanol–water partition coefficient (Wildman–Crippen LogP) is 3.60. The van der Waals surface area contributed by atoms with Gasteiger partial charge in [-0.15, -0.1) is 0 Å². The highest BCUT2D eigenvalue weighted by molar-refractivity contribution is 6.58. The Bertz CT molecular complexity index is 388. The van der Waals surface area contributed by atoms with E-state index in [2.05, 4.69) is 51.2 Å². The van der Waals surface area contributed by atoms with Crippen LogP contribution in [0, 0.1) is 0 Å². The number of benzene rings is 1. The second kappa shape index (κ2) is 3.39. The quantitative estimate of drug-likeness (QED) is 0.610. The number of hydrogen-bond acceptors (Lipinski definition) is 0. The Balaban J connectivity index is 2.58. The first-order valence-electron chi connectivity index (χ1n) is 5.39. The van der Waals surface area contributed by atoms with Crippen molar-refractivity contribution in [2.75, 3.05) is 0 Å². The molecule has 0 fully saturated rings. The molecule has 1 unspecified atom stereocenters. The van der Waals surface area contributed by atoms with Gasteiger partial charge >= 0.3 is 0 Å². The summed E-state index contributed by atoms with van der Waals surface area (Å²) in [6.45, 7) is 9.48. The van der Waals surface area contributed by atoms with E-state index in [4.69, 9.17) is 0 Å². The molecule has 1 aliphatic rings. The molecule has 0 N–H and O–H groups in total. The Labute approximate surface area is 88.3 Å². The van der Waals surface area contributed by atoms with Gasteiger partial charge in [0.2, 0.25) is 0 Å². The van der Waals surface area contributed by atoms with Crippen LogP contribution < -0.4 is 0 Å². The zero-order valence-corrected chi connectivity index (χ0v) is 10.6. The molecule has 74 valence electrons. The van der Waals surface area contributed by atoms with Crippen LogP contribution in [0.3, 0.4) is 0 Å². The highest BCUT2D eigenvalue weighted by atomic mass is 28.3. The summed E-state index contributed by atoms with van der Waals surface area (Å²) < 4.78 is 0. The molecule has 1 aromatic carbocycles. The number of allylic oxidation sites excluding steroid dienone is 2. The van der Waals surface area contributed by atoms with Gasteiger partial charge in [0.25, 0.3) is 0 Å². The number of rotatable bonds is 1. The third-order valence-electron chi connectivity index (χ3n) is 3.42. The molecular weight excluding hydrogens is 184 g/mol. The molecule has 0 bridgehead atoms. The van der Waals surface area contributed by atoms with Crippen LogP contribution in [0.1, 0.15) is 30.5 Å². The lowest BCUT2D eigenvalue weighted by molar-refractivity contribution is 1.10. The summed E-state index contributed by atoms with van der Waals surface area (Å²) in [7, 11) is -0.614. The van der Waals surface area contributed by atoms with E-state index in [9.17, 15) is 0 Å². The Hall–Kier alpha value is -0.823. The summed E-state index contributed by atoms with van der Waals surface area (Å²) in [5.74, 6) is 0. The predicted molar refractivity (Wildman–Crippen MR) is 66.3 cm³/mol. The van der Waals surface area contributed by atoms with Gasteiger partial charge in [-0.1, -0.05) is 42.9 Å². The van der Waals surface area contributed by atoms with Crippen LogP contribution in [-0.2, 0) is 0 Å². The largest absolute Gasteiger partial charge is 0.0714 e. The molecule has 0 radical (unpaired) electrons. The van der Waals surface area contributed by atoms with Crippen molar-refractivity contribution in [3.8, 4) is 0 Å². The number of fused-ring (bicyclic) bond motifs is 1. The maximum absolute atomic E-state index is 2.45. The van der Waals surface area contributed by atoms with Crippen LogP contribution >= 0.6 is 0 Å². The zero-order valence-electron chi connectivity index (χ0n) is 9.46. The van der Waals surface area contributed by atoms with E-state index >= 15 is 0 Å². The van der Waals surface area contributed by atoms with E-state index < -0.39 is 8.80 Å². The Morgan fingerprint density at radius 2 is 1.71 bits per heavy atom. The van der Waals surface area contributed by atoms with Gasteiger partial charge in [-0.2, -0.15) is 0 Å². The monoisotopic (exact) mass is 202 g/mol. The highest BCUT2D eigenvalue weighted by Gasteiger charge is 2.28. The molecule has 1 heteroatoms. The lowest BCUT2D eigenvalue weighted by atomic mass is 10.1. The van der Waals surface area contributed by atoms with Gasteiger partial charge in [0.1, 0.15) is 0 Å². The first-order valence-corrected chi connectivity index (χ1v) is 8.37. The van der Waals surface area contributed by atoms with Crippen molar-refractivity contribution in [1.82, 2.24) is 0 Å². The van der Waals surface area contributed by atoms with Crippen LogP contribution in [0.15, 0.2) is 29.8 Å². The number of hydrogen-bond donors (Lipinski definition) is 0. The molecule has 1 aliphatic carbocycles. The molecule has 0 saturated heterocycles. The third kappa shape index (κ3) is 1.27. The molecule has 1 atom stereocenters.